The standard InChI is InChI=1S/C11H20N2S2/c1-7(12)10-8(2)13-9(15-10)6-14-11(3,4)5/h7H,6,12H2,1-5H3. The molecule has 1 unspecified atom stereocenters. The molecule has 4 heteroatoms. The summed E-state index contributed by atoms with van der Waals surface area (Å²) in [4.78, 5) is 5.77. The van der Waals surface area contributed by atoms with Crippen molar-refractivity contribution >= 4 is 23.1 Å². The number of rotatable bonds is 3. The van der Waals surface area contributed by atoms with Gasteiger partial charge in [0.25, 0.3) is 0 Å². The number of aromatic nitrogens is 1. The lowest BCUT2D eigenvalue weighted by atomic mass is 10.2. The van der Waals surface area contributed by atoms with E-state index in [1.807, 2.05) is 25.6 Å². The van der Waals surface area contributed by atoms with E-state index in [1.165, 1.54) is 9.88 Å². The Labute approximate surface area is 101 Å². The number of nitrogens with zero attached hydrogens (tertiary/aromatic N) is 1. The summed E-state index contributed by atoms with van der Waals surface area (Å²) < 4.78 is 0.300. The van der Waals surface area contributed by atoms with Gasteiger partial charge in [0.15, 0.2) is 0 Å². The molecule has 0 aliphatic heterocycles. The van der Waals surface area contributed by atoms with Gasteiger partial charge < -0.3 is 5.73 Å². The molecule has 1 aromatic rings. The van der Waals surface area contributed by atoms with E-state index >= 15 is 0 Å². The minimum absolute atomic E-state index is 0.107. The molecule has 1 heterocycles. The second-order valence-electron chi connectivity index (χ2n) is 4.75. The third-order valence-electron chi connectivity index (χ3n) is 1.92. The molecule has 1 atom stereocenters. The molecule has 0 radical (unpaired) electrons. The topological polar surface area (TPSA) is 38.9 Å². The van der Waals surface area contributed by atoms with Crippen LogP contribution in [-0.4, -0.2) is 9.73 Å². The van der Waals surface area contributed by atoms with Gasteiger partial charge in [-0.05, 0) is 13.8 Å². The molecule has 86 valence electrons. The molecule has 0 fully saturated rings. The number of hydrogen-bond acceptors (Lipinski definition) is 4. The summed E-state index contributed by atoms with van der Waals surface area (Å²) in [6.07, 6.45) is 0. The van der Waals surface area contributed by atoms with Crippen molar-refractivity contribution in [3.63, 3.8) is 0 Å². The number of thioether (sulfide) groups is 1. The molecule has 0 aliphatic carbocycles. The van der Waals surface area contributed by atoms with Gasteiger partial charge in [0.05, 0.1) is 5.69 Å². The Hall–Kier alpha value is -0.0600. The SMILES string of the molecule is Cc1nc(CSC(C)(C)C)sc1C(C)N. The lowest BCUT2D eigenvalue weighted by molar-refractivity contribution is 0.802. The van der Waals surface area contributed by atoms with E-state index in [1.54, 1.807) is 11.3 Å². The average molecular weight is 244 g/mol. The molecule has 0 aromatic carbocycles. The van der Waals surface area contributed by atoms with Crippen LogP contribution in [0, 0.1) is 6.92 Å². The highest BCUT2D eigenvalue weighted by Gasteiger charge is 2.15. The van der Waals surface area contributed by atoms with Crippen LogP contribution in [-0.2, 0) is 5.75 Å². The van der Waals surface area contributed by atoms with E-state index in [4.69, 9.17) is 5.73 Å². The van der Waals surface area contributed by atoms with E-state index in [0.29, 0.717) is 4.75 Å². The van der Waals surface area contributed by atoms with Crippen LogP contribution < -0.4 is 5.73 Å². The molecule has 1 aromatic heterocycles. The van der Waals surface area contributed by atoms with Crippen LogP contribution in [0.25, 0.3) is 0 Å². The molecule has 0 bridgehead atoms. The van der Waals surface area contributed by atoms with E-state index in [9.17, 15) is 0 Å². The Morgan fingerprint density at radius 2 is 2.07 bits per heavy atom. The van der Waals surface area contributed by atoms with Gasteiger partial charge in [-0.25, -0.2) is 4.98 Å². The monoisotopic (exact) mass is 244 g/mol. The number of hydrogen-bond donors (Lipinski definition) is 1. The highest BCUT2D eigenvalue weighted by Crippen LogP contribution is 2.31. The number of aryl methyl sites for hydroxylation is 1. The highest BCUT2D eigenvalue weighted by molar-refractivity contribution is 7.99. The Kier molecular flexibility index (Phi) is 4.20. The molecular weight excluding hydrogens is 224 g/mol. The van der Waals surface area contributed by atoms with Gasteiger partial charge in [0, 0.05) is 21.4 Å². The Morgan fingerprint density at radius 3 is 2.47 bits per heavy atom. The zero-order valence-corrected chi connectivity index (χ0v) is 11.8. The third kappa shape index (κ3) is 4.13. The predicted octanol–water partition coefficient (Wildman–Crippen LogP) is 3.50. The van der Waals surface area contributed by atoms with Crippen LogP contribution in [0.3, 0.4) is 0 Å². The molecule has 0 spiro atoms. The van der Waals surface area contributed by atoms with Gasteiger partial charge >= 0.3 is 0 Å². The number of nitrogens with two attached hydrogens (primary N) is 1. The summed E-state index contributed by atoms with van der Waals surface area (Å²) in [5, 5.41) is 1.19. The zero-order valence-electron chi connectivity index (χ0n) is 10.1. The smallest absolute Gasteiger partial charge is 0.103 e. The largest absolute Gasteiger partial charge is 0.323 e. The lowest BCUT2D eigenvalue weighted by Gasteiger charge is -2.16. The maximum absolute atomic E-state index is 5.87. The minimum atomic E-state index is 0.107. The van der Waals surface area contributed by atoms with Crippen LogP contribution in [0.1, 0.15) is 49.3 Å². The van der Waals surface area contributed by atoms with Crippen LogP contribution in [0.2, 0.25) is 0 Å². The van der Waals surface area contributed by atoms with E-state index in [0.717, 1.165) is 11.4 Å². The Balaban J connectivity index is 2.68. The fraction of sp³-hybridized carbons (Fsp3) is 0.727. The van der Waals surface area contributed by atoms with E-state index in [2.05, 4.69) is 25.8 Å². The maximum Gasteiger partial charge on any atom is 0.103 e. The molecule has 2 nitrogen and oxygen atoms in total. The second kappa shape index (κ2) is 4.85. The summed E-state index contributed by atoms with van der Waals surface area (Å²) in [5.74, 6) is 0.988. The molecule has 2 N–H and O–H groups in total. The van der Waals surface area contributed by atoms with Gasteiger partial charge in [-0.1, -0.05) is 20.8 Å². The highest BCUT2D eigenvalue weighted by atomic mass is 32.2. The number of thiazole rings is 1. The lowest BCUT2D eigenvalue weighted by Crippen LogP contribution is -2.07. The molecule has 0 saturated carbocycles. The van der Waals surface area contributed by atoms with Gasteiger partial charge in [-0.3, -0.25) is 0 Å². The summed E-state index contributed by atoms with van der Waals surface area (Å²) in [6, 6.07) is 0.107. The van der Waals surface area contributed by atoms with Crippen molar-refractivity contribution in [1.82, 2.24) is 4.98 Å². The zero-order chi connectivity index (χ0) is 11.6. The van der Waals surface area contributed by atoms with Crippen LogP contribution in [0.4, 0.5) is 0 Å². The summed E-state index contributed by atoms with van der Waals surface area (Å²) >= 11 is 3.68. The summed E-state index contributed by atoms with van der Waals surface area (Å²) in [6.45, 7) is 10.7. The molecule has 0 saturated heterocycles. The van der Waals surface area contributed by atoms with Crippen LogP contribution in [0.15, 0.2) is 0 Å². The first-order chi connectivity index (χ1) is 6.79. The molecule has 1 rings (SSSR count). The van der Waals surface area contributed by atoms with Gasteiger partial charge in [-0.15, -0.1) is 23.1 Å². The fourth-order valence-corrected chi connectivity index (χ4v) is 3.08. The third-order valence-corrected chi connectivity index (χ3v) is 4.74. The van der Waals surface area contributed by atoms with Crippen molar-refractivity contribution < 1.29 is 0 Å². The van der Waals surface area contributed by atoms with Crippen molar-refractivity contribution in [3.05, 3.63) is 15.6 Å². The van der Waals surface area contributed by atoms with Gasteiger partial charge in [0.1, 0.15) is 5.01 Å². The minimum Gasteiger partial charge on any atom is -0.323 e. The first-order valence-corrected chi connectivity index (χ1v) is 6.95. The van der Waals surface area contributed by atoms with Crippen molar-refractivity contribution in [1.29, 1.82) is 0 Å². The molecule has 0 aliphatic rings. The maximum atomic E-state index is 5.87. The first-order valence-electron chi connectivity index (χ1n) is 5.15. The molecular formula is C11H20N2S2. The van der Waals surface area contributed by atoms with Crippen molar-refractivity contribution in [2.24, 2.45) is 5.73 Å². The van der Waals surface area contributed by atoms with E-state index in [-0.39, 0.29) is 6.04 Å². The van der Waals surface area contributed by atoms with Crippen LogP contribution in [0.5, 0.6) is 0 Å². The molecule has 15 heavy (non-hydrogen) atoms. The quantitative estimate of drug-likeness (QED) is 0.884. The van der Waals surface area contributed by atoms with E-state index < -0.39 is 0 Å². The van der Waals surface area contributed by atoms with Gasteiger partial charge in [0.2, 0.25) is 0 Å². The summed E-state index contributed by atoms with van der Waals surface area (Å²) in [7, 11) is 0. The summed E-state index contributed by atoms with van der Waals surface area (Å²) in [5.41, 5.74) is 6.97. The fourth-order valence-electron chi connectivity index (χ4n) is 1.23. The van der Waals surface area contributed by atoms with Crippen LogP contribution >= 0.6 is 23.1 Å². The normalized spacial score (nSPS) is 14.3. The average Bonchev–Trinajstić information content (AvgIpc) is 2.42. The van der Waals surface area contributed by atoms with Crippen molar-refractivity contribution in [3.8, 4) is 0 Å². The Bertz CT molecular complexity index is 324. The Morgan fingerprint density at radius 1 is 1.47 bits per heavy atom. The van der Waals surface area contributed by atoms with Crippen molar-refractivity contribution in [2.45, 2.75) is 51.2 Å². The first kappa shape index (κ1) is 13.0. The second-order valence-corrected chi connectivity index (χ2v) is 7.66. The predicted molar refractivity (Wildman–Crippen MR) is 70.5 cm³/mol. The van der Waals surface area contributed by atoms with Gasteiger partial charge in [-0.2, -0.15) is 0 Å². The molecule has 0 amide bonds. The van der Waals surface area contributed by atoms with Crippen molar-refractivity contribution in [2.75, 3.05) is 0 Å².